The topological polar surface area (TPSA) is 87.7 Å². The van der Waals surface area contributed by atoms with E-state index in [0.29, 0.717) is 26.2 Å². The lowest BCUT2D eigenvalue weighted by molar-refractivity contribution is -0.139. The third-order valence-electron chi connectivity index (χ3n) is 2.19. The molecule has 6 heteroatoms. The minimum atomic E-state index is -1.03. The van der Waals surface area contributed by atoms with E-state index in [9.17, 15) is 9.59 Å². The summed E-state index contributed by atoms with van der Waals surface area (Å²) >= 11 is 0. The zero-order valence-electron chi connectivity index (χ0n) is 10.5. The number of carboxylic acid groups (broad SMARTS) is 1. The van der Waals surface area contributed by atoms with Crippen molar-refractivity contribution in [1.29, 1.82) is 0 Å². The van der Waals surface area contributed by atoms with E-state index in [0.717, 1.165) is 12.8 Å². The van der Waals surface area contributed by atoms with E-state index >= 15 is 0 Å². The van der Waals surface area contributed by atoms with Crippen molar-refractivity contribution in [3.63, 3.8) is 0 Å². The van der Waals surface area contributed by atoms with Crippen molar-refractivity contribution in [2.24, 2.45) is 0 Å². The van der Waals surface area contributed by atoms with E-state index in [1.807, 2.05) is 0 Å². The summed E-state index contributed by atoms with van der Waals surface area (Å²) in [5.74, 6) is -1.03. The van der Waals surface area contributed by atoms with Crippen LogP contribution in [0, 0.1) is 0 Å². The van der Waals surface area contributed by atoms with Crippen LogP contribution in [0.1, 0.15) is 33.1 Å². The van der Waals surface area contributed by atoms with Crippen LogP contribution in [0.3, 0.4) is 0 Å². The molecule has 6 nitrogen and oxygen atoms in total. The van der Waals surface area contributed by atoms with Crippen LogP contribution < -0.4 is 10.6 Å². The predicted molar refractivity (Wildman–Crippen MR) is 64.0 cm³/mol. The molecular weight excluding hydrogens is 224 g/mol. The standard InChI is InChI=1S/C11H22N2O4/c1-3-5-7-17-8-6-12-11(16)13-9(4-2)10(14)15/h9H,3-8H2,1-2H3,(H,14,15)(H2,12,13,16)/t9-/m1/s1. The Hall–Kier alpha value is -1.30. The van der Waals surface area contributed by atoms with Gasteiger partial charge in [0, 0.05) is 13.2 Å². The number of unbranched alkanes of at least 4 members (excludes halogenated alkanes) is 1. The molecule has 0 aliphatic heterocycles. The molecule has 0 heterocycles. The first-order valence-electron chi connectivity index (χ1n) is 5.96. The van der Waals surface area contributed by atoms with Crippen molar-refractivity contribution in [2.45, 2.75) is 39.2 Å². The van der Waals surface area contributed by atoms with Crippen LogP contribution in [-0.2, 0) is 9.53 Å². The van der Waals surface area contributed by atoms with Gasteiger partial charge in [0.2, 0.25) is 0 Å². The van der Waals surface area contributed by atoms with Gasteiger partial charge in [-0.25, -0.2) is 9.59 Å². The Morgan fingerprint density at radius 3 is 2.53 bits per heavy atom. The van der Waals surface area contributed by atoms with Crippen LogP contribution in [0.25, 0.3) is 0 Å². The van der Waals surface area contributed by atoms with E-state index in [1.54, 1.807) is 6.92 Å². The second-order valence-electron chi connectivity index (χ2n) is 3.67. The first kappa shape index (κ1) is 15.7. The minimum Gasteiger partial charge on any atom is -0.480 e. The Balaban J connectivity index is 3.55. The highest BCUT2D eigenvalue weighted by Gasteiger charge is 2.16. The zero-order valence-corrected chi connectivity index (χ0v) is 10.5. The number of urea groups is 1. The molecule has 3 N–H and O–H groups in total. The molecule has 100 valence electrons. The third-order valence-corrected chi connectivity index (χ3v) is 2.19. The molecule has 0 saturated heterocycles. The van der Waals surface area contributed by atoms with Crippen LogP contribution in [0.2, 0.25) is 0 Å². The first-order valence-corrected chi connectivity index (χ1v) is 5.96. The van der Waals surface area contributed by atoms with E-state index < -0.39 is 18.0 Å². The maximum atomic E-state index is 11.3. The Bertz CT molecular complexity index is 234. The van der Waals surface area contributed by atoms with Gasteiger partial charge in [-0.1, -0.05) is 20.3 Å². The van der Waals surface area contributed by atoms with E-state index in [2.05, 4.69) is 17.6 Å². The summed E-state index contributed by atoms with van der Waals surface area (Å²) < 4.78 is 5.24. The van der Waals surface area contributed by atoms with Crippen LogP contribution in [0.5, 0.6) is 0 Å². The van der Waals surface area contributed by atoms with Crippen LogP contribution in [0.4, 0.5) is 4.79 Å². The summed E-state index contributed by atoms with van der Waals surface area (Å²) in [6.07, 6.45) is 2.43. The van der Waals surface area contributed by atoms with Gasteiger partial charge in [-0.05, 0) is 12.8 Å². The molecule has 0 aliphatic rings. The minimum absolute atomic E-state index is 0.357. The molecule has 0 bridgehead atoms. The van der Waals surface area contributed by atoms with Gasteiger partial charge in [0.25, 0.3) is 0 Å². The number of hydrogen-bond donors (Lipinski definition) is 3. The highest BCUT2D eigenvalue weighted by molar-refractivity contribution is 5.82. The Morgan fingerprint density at radius 1 is 1.29 bits per heavy atom. The van der Waals surface area contributed by atoms with Crippen molar-refractivity contribution in [3.8, 4) is 0 Å². The number of carbonyl (C=O) groups is 2. The lowest BCUT2D eigenvalue weighted by Crippen LogP contribution is -2.46. The largest absolute Gasteiger partial charge is 0.480 e. The number of rotatable bonds is 9. The maximum absolute atomic E-state index is 11.3. The van der Waals surface area contributed by atoms with Crippen LogP contribution >= 0.6 is 0 Å². The number of nitrogens with one attached hydrogen (secondary N) is 2. The quantitative estimate of drug-likeness (QED) is 0.529. The molecule has 0 radical (unpaired) electrons. The van der Waals surface area contributed by atoms with Gasteiger partial charge in [0.15, 0.2) is 0 Å². The Morgan fingerprint density at radius 2 is 2.00 bits per heavy atom. The second kappa shape index (κ2) is 9.89. The van der Waals surface area contributed by atoms with Gasteiger partial charge >= 0.3 is 12.0 Å². The molecule has 0 aromatic carbocycles. The van der Waals surface area contributed by atoms with Gasteiger partial charge in [0.05, 0.1) is 6.61 Å². The van der Waals surface area contributed by atoms with E-state index in [-0.39, 0.29) is 0 Å². The maximum Gasteiger partial charge on any atom is 0.326 e. The van der Waals surface area contributed by atoms with Gasteiger partial charge in [-0.15, -0.1) is 0 Å². The summed E-state index contributed by atoms with van der Waals surface area (Å²) in [5.41, 5.74) is 0. The molecule has 0 spiro atoms. The molecule has 17 heavy (non-hydrogen) atoms. The Labute approximate surface area is 102 Å². The summed E-state index contributed by atoms with van der Waals surface area (Å²) in [7, 11) is 0. The predicted octanol–water partition coefficient (Wildman–Crippen LogP) is 0.965. The zero-order chi connectivity index (χ0) is 13.1. The highest BCUT2D eigenvalue weighted by Crippen LogP contribution is 1.90. The average molecular weight is 246 g/mol. The van der Waals surface area contributed by atoms with Crippen molar-refractivity contribution in [3.05, 3.63) is 0 Å². The third kappa shape index (κ3) is 8.50. The average Bonchev–Trinajstić information content (AvgIpc) is 2.30. The molecule has 0 aromatic heterocycles. The number of amides is 2. The second-order valence-corrected chi connectivity index (χ2v) is 3.67. The van der Waals surface area contributed by atoms with Crippen molar-refractivity contribution in [1.82, 2.24) is 10.6 Å². The summed E-state index contributed by atoms with van der Waals surface area (Å²) in [6, 6.07) is -1.31. The molecule has 0 aliphatic carbocycles. The van der Waals surface area contributed by atoms with Gasteiger partial charge in [0.1, 0.15) is 6.04 Å². The lowest BCUT2D eigenvalue weighted by atomic mass is 10.2. The fourth-order valence-electron chi connectivity index (χ4n) is 1.13. The van der Waals surface area contributed by atoms with Crippen molar-refractivity contribution in [2.75, 3.05) is 19.8 Å². The molecule has 0 aromatic rings. The molecule has 2 amide bonds. The number of aliphatic carboxylic acids is 1. The normalized spacial score (nSPS) is 11.9. The van der Waals surface area contributed by atoms with Crippen molar-refractivity contribution < 1.29 is 19.4 Å². The van der Waals surface area contributed by atoms with Gasteiger partial charge in [-0.3, -0.25) is 0 Å². The smallest absolute Gasteiger partial charge is 0.326 e. The van der Waals surface area contributed by atoms with Crippen LogP contribution in [0.15, 0.2) is 0 Å². The summed E-state index contributed by atoms with van der Waals surface area (Å²) in [4.78, 5) is 21.9. The number of ether oxygens (including phenoxy) is 1. The summed E-state index contributed by atoms with van der Waals surface area (Å²) in [6.45, 7) is 5.29. The number of hydrogen-bond acceptors (Lipinski definition) is 3. The lowest BCUT2D eigenvalue weighted by Gasteiger charge is -2.13. The number of carboxylic acids is 1. The Kier molecular flexibility index (Phi) is 9.14. The molecular formula is C11H22N2O4. The SMILES string of the molecule is CCCCOCCNC(=O)N[C@H](CC)C(=O)O. The van der Waals surface area contributed by atoms with E-state index in [1.165, 1.54) is 0 Å². The van der Waals surface area contributed by atoms with Gasteiger partial charge < -0.3 is 20.5 Å². The molecule has 0 fully saturated rings. The fraction of sp³-hybridized carbons (Fsp3) is 0.818. The number of carbonyl (C=O) groups excluding carboxylic acids is 1. The highest BCUT2D eigenvalue weighted by atomic mass is 16.5. The van der Waals surface area contributed by atoms with Crippen LogP contribution in [-0.4, -0.2) is 42.9 Å². The molecule has 0 saturated carbocycles. The molecule has 0 rings (SSSR count). The molecule has 1 atom stereocenters. The van der Waals surface area contributed by atoms with E-state index in [4.69, 9.17) is 9.84 Å². The summed E-state index contributed by atoms with van der Waals surface area (Å²) in [5, 5.41) is 13.6. The monoisotopic (exact) mass is 246 g/mol. The van der Waals surface area contributed by atoms with Crippen molar-refractivity contribution >= 4 is 12.0 Å². The first-order chi connectivity index (χ1) is 8.11. The van der Waals surface area contributed by atoms with Gasteiger partial charge in [-0.2, -0.15) is 0 Å². The fourth-order valence-corrected chi connectivity index (χ4v) is 1.13. The molecule has 0 unspecified atom stereocenters.